The molecule has 80 valence electrons. The third-order valence-electron chi connectivity index (χ3n) is 2.16. The minimum atomic E-state index is -0.534. The molecule has 1 atom stereocenters. The summed E-state index contributed by atoms with van der Waals surface area (Å²) in [5.74, 6) is 5.12. The second kappa shape index (κ2) is 4.94. The van der Waals surface area contributed by atoms with Crippen LogP contribution >= 0.6 is 0 Å². The predicted molar refractivity (Wildman–Crippen MR) is 62.0 cm³/mol. The van der Waals surface area contributed by atoms with E-state index in [2.05, 4.69) is 11.8 Å². The van der Waals surface area contributed by atoms with Crippen LogP contribution in [0.3, 0.4) is 0 Å². The summed E-state index contributed by atoms with van der Waals surface area (Å²) in [7, 11) is 1.55. The van der Waals surface area contributed by atoms with Crippen molar-refractivity contribution in [1.29, 1.82) is 0 Å². The van der Waals surface area contributed by atoms with Crippen molar-refractivity contribution in [2.24, 2.45) is 0 Å². The molecule has 0 aliphatic rings. The summed E-state index contributed by atoms with van der Waals surface area (Å²) in [6.45, 7) is 1.93. The van der Waals surface area contributed by atoms with E-state index in [1.54, 1.807) is 7.05 Å². The molecule has 0 aliphatic heterocycles. The van der Waals surface area contributed by atoms with E-state index in [9.17, 15) is 5.21 Å². The molecule has 0 fully saturated rings. The van der Waals surface area contributed by atoms with Crippen LogP contribution in [0, 0.1) is 24.0 Å². The van der Waals surface area contributed by atoms with Gasteiger partial charge in [0.25, 0.3) is 0 Å². The number of aryl methyl sites for hydroxylation is 1. The third-order valence-corrected chi connectivity index (χ3v) is 2.16. The van der Waals surface area contributed by atoms with Crippen LogP contribution in [0.4, 0.5) is 5.69 Å². The molecular weight excluding hydrogens is 190 g/mol. The molecule has 1 unspecified atom stereocenters. The molecule has 0 aliphatic carbocycles. The average Bonchev–Trinajstić information content (AvgIpc) is 2.18. The number of aliphatic hydroxyl groups excluding tert-OH is 1. The van der Waals surface area contributed by atoms with E-state index in [0.717, 1.165) is 5.56 Å². The lowest BCUT2D eigenvalue weighted by Crippen LogP contribution is -2.38. The number of hydroxylamine groups is 2. The van der Waals surface area contributed by atoms with Crippen LogP contribution in [0.5, 0.6) is 0 Å². The van der Waals surface area contributed by atoms with Gasteiger partial charge >= 0.3 is 0 Å². The second-order valence-corrected chi connectivity index (χ2v) is 3.61. The van der Waals surface area contributed by atoms with Crippen molar-refractivity contribution in [1.82, 2.24) is 4.65 Å². The Morgan fingerprint density at radius 1 is 1.27 bits per heavy atom. The number of rotatable bonds is 2. The molecular formula is C12H15NO2. The van der Waals surface area contributed by atoms with Crippen LogP contribution < -0.4 is 4.65 Å². The Kier molecular flexibility index (Phi) is 3.87. The second-order valence-electron chi connectivity index (χ2n) is 3.61. The fraction of sp³-hybridized carbons (Fsp3) is 0.333. The van der Waals surface area contributed by atoms with E-state index in [1.165, 1.54) is 0 Å². The van der Waals surface area contributed by atoms with Gasteiger partial charge < -0.3 is 15.0 Å². The first-order chi connectivity index (χ1) is 7.06. The van der Waals surface area contributed by atoms with Crippen LogP contribution in [-0.4, -0.2) is 25.3 Å². The van der Waals surface area contributed by atoms with Crippen LogP contribution in [-0.2, 0) is 0 Å². The van der Waals surface area contributed by atoms with Gasteiger partial charge in [-0.15, -0.1) is 0 Å². The Bertz CT molecular complexity index is 371. The van der Waals surface area contributed by atoms with Crippen molar-refractivity contribution in [2.45, 2.75) is 6.92 Å². The smallest absolute Gasteiger partial charge is 0.145 e. The number of hydrogen-bond acceptors (Lipinski definition) is 2. The monoisotopic (exact) mass is 205 g/mol. The molecule has 3 heteroatoms. The highest BCUT2D eigenvalue weighted by molar-refractivity contribution is 5.45. The lowest BCUT2D eigenvalue weighted by atomic mass is 10.2. The molecule has 1 aromatic carbocycles. The molecule has 0 heterocycles. The lowest BCUT2D eigenvalue weighted by molar-refractivity contribution is 0.350. The van der Waals surface area contributed by atoms with Crippen molar-refractivity contribution in [3.05, 3.63) is 35.0 Å². The lowest BCUT2D eigenvalue weighted by Gasteiger charge is -2.36. The van der Waals surface area contributed by atoms with Gasteiger partial charge in [0.2, 0.25) is 0 Å². The van der Waals surface area contributed by atoms with E-state index in [-0.39, 0.29) is 13.2 Å². The number of quaternary nitrogens is 1. The summed E-state index contributed by atoms with van der Waals surface area (Å²) in [5, 5.41) is 20.5. The van der Waals surface area contributed by atoms with Gasteiger partial charge in [0.05, 0.1) is 7.05 Å². The first-order valence-electron chi connectivity index (χ1n) is 4.76. The Morgan fingerprint density at radius 2 is 1.87 bits per heavy atom. The van der Waals surface area contributed by atoms with Gasteiger partial charge in [-0.25, -0.2) is 0 Å². The molecule has 0 spiro atoms. The molecule has 0 radical (unpaired) electrons. The Labute approximate surface area is 90.1 Å². The number of aliphatic hydroxyl groups is 1. The molecule has 1 aromatic rings. The molecule has 0 bridgehead atoms. The van der Waals surface area contributed by atoms with Crippen molar-refractivity contribution >= 4 is 5.69 Å². The van der Waals surface area contributed by atoms with Crippen LogP contribution in [0.1, 0.15) is 5.56 Å². The normalized spacial score (nSPS) is 13.9. The third kappa shape index (κ3) is 3.37. The zero-order chi connectivity index (χ0) is 11.3. The molecule has 0 saturated heterocycles. The highest BCUT2D eigenvalue weighted by Gasteiger charge is 2.11. The Morgan fingerprint density at radius 3 is 2.40 bits per heavy atom. The molecule has 3 nitrogen and oxygen atoms in total. The minimum Gasteiger partial charge on any atom is -0.627 e. The molecule has 1 rings (SSSR count). The van der Waals surface area contributed by atoms with Gasteiger partial charge in [-0.3, -0.25) is 0 Å². The van der Waals surface area contributed by atoms with E-state index in [4.69, 9.17) is 5.11 Å². The van der Waals surface area contributed by atoms with Gasteiger partial charge in [-0.2, -0.15) is 0 Å². The van der Waals surface area contributed by atoms with Gasteiger partial charge in [0.15, 0.2) is 0 Å². The van der Waals surface area contributed by atoms with Crippen molar-refractivity contribution in [3.63, 3.8) is 0 Å². The fourth-order valence-electron chi connectivity index (χ4n) is 1.21. The van der Waals surface area contributed by atoms with Crippen LogP contribution in [0.15, 0.2) is 24.3 Å². The van der Waals surface area contributed by atoms with Gasteiger partial charge in [-0.1, -0.05) is 23.6 Å². The fourth-order valence-corrected chi connectivity index (χ4v) is 1.21. The SMILES string of the molecule is Cc1ccc([N+](C)([O-])CC#CCO)cc1. The summed E-state index contributed by atoms with van der Waals surface area (Å²) in [6.07, 6.45) is 0. The maximum absolute atomic E-state index is 12.0. The zero-order valence-electron chi connectivity index (χ0n) is 9.03. The largest absolute Gasteiger partial charge is 0.627 e. The van der Waals surface area contributed by atoms with E-state index in [1.807, 2.05) is 31.2 Å². The van der Waals surface area contributed by atoms with E-state index < -0.39 is 4.65 Å². The molecule has 1 N–H and O–H groups in total. The number of benzene rings is 1. The number of hydrogen-bond donors (Lipinski definition) is 1. The maximum atomic E-state index is 12.0. The van der Waals surface area contributed by atoms with Crippen molar-refractivity contribution in [2.75, 3.05) is 20.2 Å². The predicted octanol–water partition coefficient (Wildman–Crippen LogP) is 1.43. The summed E-state index contributed by atoms with van der Waals surface area (Å²) >= 11 is 0. The van der Waals surface area contributed by atoms with Crippen molar-refractivity contribution in [3.8, 4) is 11.8 Å². The molecule has 15 heavy (non-hydrogen) atoms. The average molecular weight is 205 g/mol. The van der Waals surface area contributed by atoms with Crippen LogP contribution in [0.2, 0.25) is 0 Å². The van der Waals surface area contributed by atoms with Crippen molar-refractivity contribution < 1.29 is 5.11 Å². The van der Waals surface area contributed by atoms with Gasteiger partial charge in [-0.05, 0) is 25.0 Å². The molecule has 0 amide bonds. The topological polar surface area (TPSA) is 43.3 Å². The summed E-state index contributed by atoms with van der Waals surface area (Å²) in [5.41, 5.74) is 1.80. The summed E-state index contributed by atoms with van der Waals surface area (Å²) in [6, 6.07) is 7.43. The quantitative estimate of drug-likeness (QED) is 0.451. The summed E-state index contributed by atoms with van der Waals surface area (Å²) in [4.78, 5) is 0. The molecule has 0 saturated carbocycles. The first kappa shape index (κ1) is 11.7. The van der Waals surface area contributed by atoms with E-state index >= 15 is 0 Å². The minimum absolute atomic E-state index is 0.156. The number of nitrogens with zero attached hydrogens (tertiary/aromatic N) is 1. The first-order valence-corrected chi connectivity index (χ1v) is 4.76. The Hall–Kier alpha value is -1.34. The highest BCUT2D eigenvalue weighted by atomic mass is 16.5. The summed E-state index contributed by atoms with van der Waals surface area (Å²) < 4.78 is -0.534. The Balaban J connectivity index is 2.80. The van der Waals surface area contributed by atoms with E-state index in [0.29, 0.717) is 5.69 Å². The zero-order valence-corrected chi connectivity index (χ0v) is 9.03. The highest BCUT2D eigenvalue weighted by Crippen LogP contribution is 2.19. The molecule has 0 aromatic heterocycles. The van der Waals surface area contributed by atoms with Gasteiger partial charge in [0, 0.05) is 0 Å². The van der Waals surface area contributed by atoms with Crippen LogP contribution in [0.25, 0.3) is 0 Å². The standard InChI is InChI=1S/C12H15NO2/c1-11-5-7-12(8-6-11)13(2,15)9-3-4-10-14/h5-8,14H,9-10H2,1-2H3. The maximum Gasteiger partial charge on any atom is 0.145 e. The van der Waals surface area contributed by atoms with Gasteiger partial charge in [0.1, 0.15) is 18.8 Å².